The van der Waals surface area contributed by atoms with E-state index < -0.39 is 27.3 Å². The Kier molecular flexibility index (Phi) is 7.48. The van der Waals surface area contributed by atoms with Crippen LogP contribution in [-0.2, 0) is 10.0 Å². The molecular weight excluding hydrogens is 429 g/mol. The van der Waals surface area contributed by atoms with Gasteiger partial charge in [-0.3, -0.25) is 9.69 Å². The lowest BCUT2D eigenvalue weighted by atomic mass is 9.74. The van der Waals surface area contributed by atoms with Crippen molar-refractivity contribution < 1.29 is 26.4 Å². The van der Waals surface area contributed by atoms with Crippen LogP contribution in [0, 0.1) is 5.82 Å². The van der Waals surface area contributed by atoms with Crippen molar-refractivity contribution in [2.45, 2.75) is 63.3 Å². The first-order chi connectivity index (χ1) is 14.6. The summed E-state index contributed by atoms with van der Waals surface area (Å²) in [6, 6.07) is 5.79. The Labute approximate surface area is 182 Å². The van der Waals surface area contributed by atoms with Crippen molar-refractivity contribution in [2.75, 3.05) is 31.9 Å². The Morgan fingerprint density at radius 1 is 1.03 bits per heavy atom. The van der Waals surface area contributed by atoms with Gasteiger partial charge >= 0.3 is 0 Å². The van der Waals surface area contributed by atoms with E-state index in [1.807, 2.05) is 6.92 Å². The molecule has 0 bridgehead atoms. The Morgan fingerprint density at radius 2 is 1.65 bits per heavy atom. The predicted octanol–water partition coefficient (Wildman–Crippen LogP) is 4.09. The van der Waals surface area contributed by atoms with Crippen LogP contribution in [0.3, 0.4) is 0 Å². The minimum Gasteiger partial charge on any atom is -0.295 e. The summed E-state index contributed by atoms with van der Waals surface area (Å²) in [7, 11) is -3.30. The van der Waals surface area contributed by atoms with Gasteiger partial charge in [0, 0.05) is 51.0 Å². The van der Waals surface area contributed by atoms with Crippen LogP contribution >= 0.6 is 0 Å². The molecule has 0 amide bonds. The molecule has 1 heterocycles. The maximum absolute atomic E-state index is 14.0. The number of nitrogens with zero attached hydrogens (tertiary/aromatic N) is 2. The third-order valence-electron chi connectivity index (χ3n) is 6.67. The van der Waals surface area contributed by atoms with Crippen molar-refractivity contribution in [2.24, 2.45) is 0 Å². The molecule has 5 nitrogen and oxygen atoms in total. The molecule has 1 aliphatic carbocycles. The lowest BCUT2D eigenvalue weighted by Crippen LogP contribution is -2.60. The van der Waals surface area contributed by atoms with Crippen molar-refractivity contribution in [1.29, 1.82) is 0 Å². The Balaban J connectivity index is 1.71. The third-order valence-corrected chi connectivity index (χ3v) is 8.74. The van der Waals surface area contributed by atoms with Gasteiger partial charge in [0.2, 0.25) is 15.9 Å². The molecule has 1 aromatic rings. The van der Waals surface area contributed by atoms with Gasteiger partial charge in [-0.25, -0.2) is 21.6 Å². The normalized spacial score (nSPS) is 22.3. The maximum atomic E-state index is 14.0. The van der Waals surface area contributed by atoms with E-state index >= 15 is 0 Å². The highest BCUT2D eigenvalue weighted by atomic mass is 32.2. The molecule has 0 spiro atoms. The lowest BCUT2D eigenvalue weighted by molar-refractivity contribution is -0.0891. The lowest BCUT2D eigenvalue weighted by Gasteiger charge is -2.51. The topological polar surface area (TPSA) is 57.7 Å². The molecule has 1 saturated heterocycles. The summed E-state index contributed by atoms with van der Waals surface area (Å²) in [5, 5.41) is 0. The fraction of sp³-hybridized carbons (Fsp3) is 0.682. The van der Waals surface area contributed by atoms with Gasteiger partial charge in [0.1, 0.15) is 5.82 Å². The molecule has 0 aromatic heterocycles. The van der Waals surface area contributed by atoms with Crippen LogP contribution in [0.15, 0.2) is 24.3 Å². The first kappa shape index (κ1) is 24.2. The summed E-state index contributed by atoms with van der Waals surface area (Å²) in [6.45, 7) is 3.35. The van der Waals surface area contributed by atoms with Gasteiger partial charge in [-0.2, -0.15) is 4.31 Å². The van der Waals surface area contributed by atoms with E-state index in [4.69, 9.17) is 0 Å². The molecule has 31 heavy (non-hydrogen) atoms. The summed E-state index contributed by atoms with van der Waals surface area (Å²) in [5.74, 6) is -3.53. The first-order valence-corrected chi connectivity index (χ1v) is 12.6. The highest BCUT2D eigenvalue weighted by Crippen LogP contribution is 2.44. The number of hydrogen-bond donors (Lipinski definition) is 0. The summed E-state index contributed by atoms with van der Waals surface area (Å²) >= 11 is 0. The van der Waals surface area contributed by atoms with E-state index in [0.717, 1.165) is 0 Å². The van der Waals surface area contributed by atoms with Gasteiger partial charge in [-0.05, 0) is 37.8 Å². The van der Waals surface area contributed by atoms with Gasteiger partial charge in [0.05, 0.1) is 11.3 Å². The van der Waals surface area contributed by atoms with Gasteiger partial charge in [0.25, 0.3) is 0 Å². The quantitative estimate of drug-likeness (QED) is 0.549. The first-order valence-electron chi connectivity index (χ1n) is 11.0. The number of halogens is 3. The van der Waals surface area contributed by atoms with Crippen molar-refractivity contribution in [1.82, 2.24) is 9.21 Å². The van der Waals surface area contributed by atoms with Crippen LogP contribution < -0.4 is 0 Å². The van der Waals surface area contributed by atoms with E-state index in [-0.39, 0.29) is 49.2 Å². The molecule has 2 fully saturated rings. The van der Waals surface area contributed by atoms with Gasteiger partial charge in [-0.15, -0.1) is 0 Å². The van der Waals surface area contributed by atoms with E-state index in [2.05, 4.69) is 4.90 Å². The molecule has 2 aliphatic rings. The summed E-state index contributed by atoms with van der Waals surface area (Å²) in [4.78, 5) is 14.7. The smallest absolute Gasteiger partial charge is 0.248 e. The van der Waals surface area contributed by atoms with Crippen LogP contribution in [0.1, 0.15) is 62.2 Å². The van der Waals surface area contributed by atoms with Crippen LogP contribution in [0.2, 0.25) is 0 Å². The molecule has 0 atom stereocenters. The van der Waals surface area contributed by atoms with Crippen LogP contribution in [0.5, 0.6) is 0 Å². The molecule has 0 unspecified atom stereocenters. The number of alkyl halides is 2. The maximum Gasteiger partial charge on any atom is 0.248 e. The summed E-state index contributed by atoms with van der Waals surface area (Å²) in [5.41, 5.74) is -0.572. The molecule has 9 heteroatoms. The van der Waals surface area contributed by atoms with Crippen molar-refractivity contribution in [3.63, 3.8) is 0 Å². The largest absolute Gasteiger partial charge is 0.295 e. The van der Waals surface area contributed by atoms with Crippen molar-refractivity contribution >= 4 is 15.8 Å². The Bertz CT molecular complexity index is 874. The fourth-order valence-corrected chi connectivity index (χ4v) is 6.30. The van der Waals surface area contributed by atoms with E-state index in [9.17, 15) is 26.4 Å². The van der Waals surface area contributed by atoms with E-state index in [1.54, 1.807) is 6.07 Å². The second-order valence-electron chi connectivity index (χ2n) is 8.69. The number of ketones is 1. The summed E-state index contributed by atoms with van der Waals surface area (Å²) < 4.78 is 68.0. The Hall–Kier alpha value is -1.45. The molecule has 1 aliphatic heterocycles. The number of carbonyl (C=O) groups is 1. The number of benzene rings is 1. The standard InChI is InChI=1S/C22H31F3N2O3S/c1-2-17-31(29,30)27-15-13-26(14-16-27)21(9-11-22(24,25)12-10-21)8-7-20(28)18-5-3-4-6-19(18)23/h3-6H,2,7-17H2,1H3. The average Bonchev–Trinajstić information content (AvgIpc) is 2.73. The van der Waals surface area contributed by atoms with Crippen LogP contribution in [0.4, 0.5) is 13.2 Å². The highest BCUT2D eigenvalue weighted by Gasteiger charge is 2.47. The second-order valence-corrected chi connectivity index (χ2v) is 10.8. The number of carbonyl (C=O) groups excluding carboxylic acids is 1. The minimum absolute atomic E-state index is 0.0225. The Morgan fingerprint density at radius 3 is 2.23 bits per heavy atom. The van der Waals surface area contributed by atoms with Crippen molar-refractivity contribution in [3.8, 4) is 0 Å². The zero-order valence-electron chi connectivity index (χ0n) is 18.0. The molecule has 3 rings (SSSR count). The predicted molar refractivity (Wildman–Crippen MR) is 113 cm³/mol. The summed E-state index contributed by atoms with van der Waals surface area (Å²) in [6.07, 6.45) is 0.946. The number of rotatable bonds is 8. The van der Waals surface area contributed by atoms with Gasteiger partial charge < -0.3 is 0 Å². The van der Waals surface area contributed by atoms with Gasteiger partial charge in [0.15, 0.2) is 5.78 Å². The molecule has 1 aromatic carbocycles. The second kappa shape index (κ2) is 9.58. The SMILES string of the molecule is CCCS(=O)(=O)N1CCN(C2(CCC(=O)c3ccccc3F)CCC(F)(F)CC2)CC1. The third kappa shape index (κ3) is 5.68. The number of Topliss-reactive ketones (excluding diaryl/α,β-unsaturated/α-hetero) is 1. The molecular formula is C22H31F3N2O3S. The van der Waals surface area contributed by atoms with E-state index in [1.165, 1.54) is 22.5 Å². The molecule has 174 valence electrons. The minimum atomic E-state index is -3.30. The van der Waals surface area contributed by atoms with Crippen LogP contribution in [-0.4, -0.2) is 66.8 Å². The number of hydrogen-bond acceptors (Lipinski definition) is 4. The van der Waals surface area contributed by atoms with Crippen molar-refractivity contribution in [3.05, 3.63) is 35.6 Å². The zero-order chi connectivity index (χ0) is 22.7. The monoisotopic (exact) mass is 460 g/mol. The highest BCUT2D eigenvalue weighted by molar-refractivity contribution is 7.89. The van der Waals surface area contributed by atoms with E-state index in [0.29, 0.717) is 39.0 Å². The zero-order valence-corrected chi connectivity index (χ0v) is 18.8. The molecule has 0 radical (unpaired) electrons. The van der Waals surface area contributed by atoms with Gasteiger partial charge in [-0.1, -0.05) is 19.1 Å². The number of sulfonamides is 1. The fourth-order valence-electron chi connectivity index (χ4n) is 4.80. The molecule has 1 saturated carbocycles. The van der Waals surface area contributed by atoms with Crippen LogP contribution in [0.25, 0.3) is 0 Å². The number of piperazine rings is 1. The average molecular weight is 461 g/mol. The molecule has 0 N–H and O–H groups in total.